The molecule has 0 saturated heterocycles. The number of amides is 2. The Hall–Kier alpha value is -2.89. The third-order valence-electron chi connectivity index (χ3n) is 3.48. The van der Waals surface area contributed by atoms with Gasteiger partial charge >= 0.3 is 0 Å². The zero-order valence-electron chi connectivity index (χ0n) is 14.4. The maximum atomic E-state index is 13.4. The first-order chi connectivity index (χ1) is 11.9. The summed E-state index contributed by atoms with van der Waals surface area (Å²) in [5.41, 5.74) is 1.10. The Balaban J connectivity index is 2.07. The number of nitrogens with one attached hydrogen (secondary N) is 2. The summed E-state index contributed by atoms with van der Waals surface area (Å²) in [5, 5.41) is 5.48. The molecule has 2 N–H and O–H groups in total. The molecule has 0 aromatic heterocycles. The highest BCUT2D eigenvalue weighted by molar-refractivity contribution is 6.06. The van der Waals surface area contributed by atoms with Crippen LogP contribution in [-0.4, -0.2) is 25.5 Å². The molecule has 6 heteroatoms. The Labute approximate surface area is 146 Å². The molecule has 25 heavy (non-hydrogen) atoms. The lowest BCUT2D eigenvalue weighted by Crippen LogP contribution is -2.27. The molecule has 0 bridgehead atoms. The van der Waals surface area contributed by atoms with Gasteiger partial charge in [0.05, 0.1) is 12.7 Å². The predicted molar refractivity (Wildman–Crippen MR) is 94.5 cm³/mol. The number of anilines is 1. The van der Waals surface area contributed by atoms with Crippen LogP contribution in [0, 0.1) is 11.7 Å². The number of ether oxygens (including phenoxy) is 1. The van der Waals surface area contributed by atoms with Gasteiger partial charge in [-0.3, -0.25) is 9.59 Å². The summed E-state index contributed by atoms with van der Waals surface area (Å²) in [5.74, 6) is -0.540. The van der Waals surface area contributed by atoms with E-state index in [0.29, 0.717) is 23.7 Å². The van der Waals surface area contributed by atoms with E-state index in [0.717, 1.165) is 6.07 Å². The number of rotatable bonds is 6. The number of halogens is 1. The van der Waals surface area contributed by atoms with Gasteiger partial charge in [-0.2, -0.15) is 0 Å². The van der Waals surface area contributed by atoms with Gasteiger partial charge in [-0.15, -0.1) is 0 Å². The average Bonchev–Trinajstić information content (AvgIpc) is 2.60. The van der Waals surface area contributed by atoms with Crippen LogP contribution < -0.4 is 15.4 Å². The number of hydrogen-bond acceptors (Lipinski definition) is 3. The molecule has 0 aliphatic heterocycles. The van der Waals surface area contributed by atoms with E-state index in [4.69, 9.17) is 4.74 Å². The van der Waals surface area contributed by atoms with Gasteiger partial charge in [-0.25, -0.2) is 4.39 Å². The lowest BCUT2D eigenvalue weighted by molar-refractivity contribution is 0.0948. The third kappa shape index (κ3) is 5.04. The molecule has 2 aromatic carbocycles. The summed E-state index contributed by atoms with van der Waals surface area (Å²) in [6, 6.07) is 10.2. The summed E-state index contributed by atoms with van der Waals surface area (Å²) < 4.78 is 18.4. The molecule has 0 heterocycles. The Kier molecular flexibility index (Phi) is 6.11. The van der Waals surface area contributed by atoms with Crippen molar-refractivity contribution in [3.8, 4) is 5.75 Å². The zero-order chi connectivity index (χ0) is 18.4. The maximum Gasteiger partial charge on any atom is 0.259 e. The minimum absolute atomic E-state index is 0.0984. The highest BCUT2D eigenvalue weighted by Gasteiger charge is 2.14. The SMILES string of the molecule is COc1ccc(F)cc1C(=O)Nc1ccc(C(=O)NCC(C)C)cc1. The van der Waals surface area contributed by atoms with Gasteiger partial charge in [0.15, 0.2) is 0 Å². The van der Waals surface area contributed by atoms with E-state index in [9.17, 15) is 14.0 Å². The van der Waals surface area contributed by atoms with Gasteiger partial charge in [0.1, 0.15) is 11.6 Å². The summed E-state index contributed by atoms with van der Waals surface area (Å²) in [4.78, 5) is 24.3. The molecule has 2 rings (SSSR count). The average molecular weight is 344 g/mol. The second-order valence-corrected chi connectivity index (χ2v) is 5.98. The minimum Gasteiger partial charge on any atom is -0.496 e. The van der Waals surface area contributed by atoms with Crippen LogP contribution in [-0.2, 0) is 0 Å². The minimum atomic E-state index is -0.525. The number of benzene rings is 2. The Morgan fingerprint density at radius 1 is 1.08 bits per heavy atom. The summed E-state index contributed by atoms with van der Waals surface area (Å²) in [6.07, 6.45) is 0. The van der Waals surface area contributed by atoms with Crippen LogP contribution in [0.15, 0.2) is 42.5 Å². The van der Waals surface area contributed by atoms with Gasteiger partial charge in [-0.05, 0) is 48.4 Å². The van der Waals surface area contributed by atoms with E-state index in [1.54, 1.807) is 24.3 Å². The molecule has 0 saturated carbocycles. The first kappa shape index (κ1) is 18.4. The zero-order valence-corrected chi connectivity index (χ0v) is 14.4. The van der Waals surface area contributed by atoms with E-state index < -0.39 is 11.7 Å². The van der Waals surface area contributed by atoms with Crippen LogP contribution in [0.5, 0.6) is 5.75 Å². The summed E-state index contributed by atoms with van der Waals surface area (Å²) in [7, 11) is 1.41. The molecule has 2 amide bonds. The highest BCUT2D eigenvalue weighted by Crippen LogP contribution is 2.21. The largest absolute Gasteiger partial charge is 0.496 e. The van der Waals surface area contributed by atoms with Crippen molar-refractivity contribution in [3.63, 3.8) is 0 Å². The van der Waals surface area contributed by atoms with Crippen LogP contribution in [0.25, 0.3) is 0 Å². The first-order valence-electron chi connectivity index (χ1n) is 7.94. The van der Waals surface area contributed by atoms with Gasteiger partial charge in [0.2, 0.25) is 0 Å². The predicted octanol–water partition coefficient (Wildman–Crippen LogP) is 3.47. The molecule has 2 aromatic rings. The van der Waals surface area contributed by atoms with E-state index in [1.165, 1.54) is 19.2 Å². The molecule has 0 aliphatic carbocycles. The van der Waals surface area contributed by atoms with Crippen molar-refractivity contribution in [2.24, 2.45) is 5.92 Å². The summed E-state index contributed by atoms with van der Waals surface area (Å²) >= 11 is 0. The van der Waals surface area contributed by atoms with Crippen molar-refractivity contribution in [1.29, 1.82) is 0 Å². The standard InChI is InChI=1S/C19H21FN2O3/c1-12(2)11-21-18(23)13-4-7-15(8-5-13)22-19(24)16-10-14(20)6-9-17(16)25-3/h4-10,12H,11H2,1-3H3,(H,21,23)(H,22,24). The van der Waals surface area contributed by atoms with Crippen molar-refractivity contribution in [1.82, 2.24) is 5.32 Å². The Morgan fingerprint density at radius 2 is 1.76 bits per heavy atom. The van der Waals surface area contributed by atoms with Crippen LogP contribution in [0.1, 0.15) is 34.6 Å². The molecule has 0 atom stereocenters. The van der Waals surface area contributed by atoms with E-state index in [1.807, 2.05) is 13.8 Å². The number of methoxy groups -OCH3 is 1. The first-order valence-corrected chi connectivity index (χ1v) is 7.94. The number of carbonyl (C=O) groups excluding carboxylic acids is 2. The highest BCUT2D eigenvalue weighted by atomic mass is 19.1. The lowest BCUT2D eigenvalue weighted by Gasteiger charge is -2.10. The topological polar surface area (TPSA) is 67.4 Å². The maximum absolute atomic E-state index is 13.4. The fourth-order valence-corrected chi connectivity index (χ4v) is 2.16. The Bertz CT molecular complexity index is 758. The third-order valence-corrected chi connectivity index (χ3v) is 3.48. The lowest BCUT2D eigenvalue weighted by atomic mass is 10.1. The monoisotopic (exact) mass is 344 g/mol. The quantitative estimate of drug-likeness (QED) is 0.843. The smallest absolute Gasteiger partial charge is 0.259 e. The molecular weight excluding hydrogens is 323 g/mol. The fourth-order valence-electron chi connectivity index (χ4n) is 2.16. The van der Waals surface area contributed by atoms with Crippen molar-refractivity contribution in [2.45, 2.75) is 13.8 Å². The molecule has 0 aliphatic rings. The van der Waals surface area contributed by atoms with E-state index >= 15 is 0 Å². The fraction of sp³-hybridized carbons (Fsp3) is 0.263. The molecule has 0 unspecified atom stereocenters. The van der Waals surface area contributed by atoms with E-state index in [-0.39, 0.29) is 17.2 Å². The van der Waals surface area contributed by atoms with Crippen LogP contribution in [0.2, 0.25) is 0 Å². The van der Waals surface area contributed by atoms with Crippen molar-refractivity contribution < 1.29 is 18.7 Å². The molecule has 132 valence electrons. The van der Waals surface area contributed by atoms with Gasteiger partial charge in [-0.1, -0.05) is 13.8 Å². The molecule has 5 nitrogen and oxygen atoms in total. The molecular formula is C19H21FN2O3. The van der Waals surface area contributed by atoms with Crippen LogP contribution >= 0.6 is 0 Å². The Morgan fingerprint density at radius 3 is 2.36 bits per heavy atom. The normalized spacial score (nSPS) is 10.4. The van der Waals surface area contributed by atoms with Gasteiger partial charge in [0.25, 0.3) is 11.8 Å². The number of hydrogen-bond donors (Lipinski definition) is 2. The van der Waals surface area contributed by atoms with Crippen molar-refractivity contribution in [2.75, 3.05) is 19.0 Å². The molecule has 0 radical (unpaired) electrons. The van der Waals surface area contributed by atoms with Crippen LogP contribution in [0.4, 0.5) is 10.1 Å². The molecule has 0 fully saturated rings. The second kappa shape index (κ2) is 8.28. The second-order valence-electron chi connectivity index (χ2n) is 5.98. The summed E-state index contributed by atoms with van der Waals surface area (Å²) in [6.45, 7) is 4.62. The van der Waals surface area contributed by atoms with Crippen molar-refractivity contribution in [3.05, 3.63) is 59.4 Å². The van der Waals surface area contributed by atoms with Gasteiger partial charge in [0, 0.05) is 17.8 Å². The van der Waals surface area contributed by atoms with E-state index in [2.05, 4.69) is 10.6 Å². The van der Waals surface area contributed by atoms with Gasteiger partial charge < -0.3 is 15.4 Å². The van der Waals surface area contributed by atoms with Crippen LogP contribution in [0.3, 0.4) is 0 Å². The molecule has 0 spiro atoms. The van der Waals surface area contributed by atoms with Crippen molar-refractivity contribution >= 4 is 17.5 Å². The number of carbonyl (C=O) groups is 2.